The molecule has 4 heteroatoms. The standard InChI is InChI=1S/C12H19N3O/c1-13-8-11-14-10-7-5-3-4-6-9(10)12(15-11)16-2/h13H,3-8H2,1-2H3. The molecule has 16 heavy (non-hydrogen) atoms. The molecule has 1 aromatic heterocycles. The Hall–Kier alpha value is -1.16. The Kier molecular flexibility index (Phi) is 3.72. The Labute approximate surface area is 96.4 Å². The Morgan fingerprint density at radius 3 is 2.75 bits per heavy atom. The van der Waals surface area contributed by atoms with Crippen molar-refractivity contribution in [2.75, 3.05) is 14.2 Å². The SMILES string of the molecule is CNCc1nc2c(c(OC)n1)CCCCC2. The lowest BCUT2D eigenvalue weighted by Crippen LogP contribution is -2.13. The summed E-state index contributed by atoms with van der Waals surface area (Å²) >= 11 is 0. The topological polar surface area (TPSA) is 47.0 Å². The number of hydrogen-bond donors (Lipinski definition) is 1. The number of nitrogens with zero attached hydrogens (tertiary/aromatic N) is 2. The first-order valence-corrected chi connectivity index (χ1v) is 5.92. The molecule has 4 nitrogen and oxygen atoms in total. The predicted molar refractivity (Wildman–Crippen MR) is 62.6 cm³/mol. The molecular formula is C12H19N3O. The Morgan fingerprint density at radius 2 is 2.00 bits per heavy atom. The highest BCUT2D eigenvalue weighted by Gasteiger charge is 2.16. The van der Waals surface area contributed by atoms with E-state index in [4.69, 9.17) is 4.74 Å². The maximum atomic E-state index is 5.38. The van der Waals surface area contributed by atoms with E-state index in [1.165, 1.54) is 30.5 Å². The van der Waals surface area contributed by atoms with E-state index in [2.05, 4.69) is 15.3 Å². The molecule has 1 N–H and O–H groups in total. The van der Waals surface area contributed by atoms with Gasteiger partial charge in [0.05, 0.1) is 19.3 Å². The largest absolute Gasteiger partial charge is 0.481 e. The van der Waals surface area contributed by atoms with Crippen LogP contribution in [0.3, 0.4) is 0 Å². The van der Waals surface area contributed by atoms with Crippen molar-refractivity contribution >= 4 is 0 Å². The molecule has 0 unspecified atom stereocenters. The fourth-order valence-corrected chi connectivity index (χ4v) is 2.19. The van der Waals surface area contributed by atoms with Gasteiger partial charge < -0.3 is 10.1 Å². The first-order valence-electron chi connectivity index (χ1n) is 5.92. The van der Waals surface area contributed by atoms with Crippen LogP contribution in [-0.4, -0.2) is 24.1 Å². The number of methoxy groups -OCH3 is 1. The molecular weight excluding hydrogens is 202 g/mol. The molecule has 0 bridgehead atoms. The van der Waals surface area contributed by atoms with Crippen LogP contribution in [-0.2, 0) is 19.4 Å². The molecule has 1 aromatic rings. The average molecular weight is 221 g/mol. The zero-order valence-electron chi connectivity index (χ0n) is 10.0. The highest BCUT2D eigenvalue weighted by atomic mass is 16.5. The van der Waals surface area contributed by atoms with Gasteiger partial charge in [-0.2, -0.15) is 4.98 Å². The van der Waals surface area contributed by atoms with E-state index in [-0.39, 0.29) is 0 Å². The van der Waals surface area contributed by atoms with Crippen LogP contribution in [0.2, 0.25) is 0 Å². The van der Waals surface area contributed by atoms with Crippen LogP contribution in [0.1, 0.15) is 36.3 Å². The minimum Gasteiger partial charge on any atom is -0.481 e. The second kappa shape index (κ2) is 5.25. The van der Waals surface area contributed by atoms with E-state index in [1.54, 1.807) is 7.11 Å². The molecule has 0 fully saturated rings. The molecule has 0 saturated carbocycles. The van der Waals surface area contributed by atoms with E-state index in [0.717, 1.165) is 24.5 Å². The Balaban J connectivity index is 2.38. The number of aryl methyl sites for hydroxylation is 1. The van der Waals surface area contributed by atoms with E-state index in [9.17, 15) is 0 Å². The van der Waals surface area contributed by atoms with Crippen LogP contribution >= 0.6 is 0 Å². The van der Waals surface area contributed by atoms with Crippen LogP contribution < -0.4 is 10.1 Å². The average Bonchev–Trinajstić information content (AvgIpc) is 2.53. The molecule has 0 radical (unpaired) electrons. The van der Waals surface area contributed by atoms with Gasteiger partial charge in [-0.05, 0) is 32.7 Å². The van der Waals surface area contributed by atoms with Crippen molar-refractivity contribution in [3.8, 4) is 5.88 Å². The third-order valence-electron chi connectivity index (χ3n) is 2.97. The van der Waals surface area contributed by atoms with Crippen molar-refractivity contribution in [3.63, 3.8) is 0 Å². The van der Waals surface area contributed by atoms with Gasteiger partial charge in [-0.25, -0.2) is 4.98 Å². The highest BCUT2D eigenvalue weighted by molar-refractivity contribution is 5.32. The van der Waals surface area contributed by atoms with E-state index in [1.807, 2.05) is 7.05 Å². The predicted octanol–water partition coefficient (Wildman–Crippen LogP) is 1.47. The zero-order valence-corrected chi connectivity index (χ0v) is 10.0. The molecule has 0 aliphatic heterocycles. The van der Waals surface area contributed by atoms with Gasteiger partial charge >= 0.3 is 0 Å². The van der Waals surface area contributed by atoms with Crippen molar-refractivity contribution < 1.29 is 4.74 Å². The molecule has 2 rings (SSSR count). The van der Waals surface area contributed by atoms with Gasteiger partial charge in [0.2, 0.25) is 5.88 Å². The summed E-state index contributed by atoms with van der Waals surface area (Å²) in [7, 11) is 3.60. The normalized spacial score (nSPS) is 15.4. The summed E-state index contributed by atoms with van der Waals surface area (Å²) in [5.74, 6) is 1.61. The molecule has 0 spiro atoms. The lowest BCUT2D eigenvalue weighted by molar-refractivity contribution is 0.387. The van der Waals surface area contributed by atoms with E-state index >= 15 is 0 Å². The second-order valence-electron chi connectivity index (χ2n) is 4.17. The maximum Gasteiger partial charge on any atom is 0.219 e. The minimum atomic E-state index is 0.698. The summed E-state index contributed by atoms with van der Waals surface area (Å²) in [4.78, 5) is 9.06. The first-order chi connectivity index (χ1) is 7.85. The van der Waals surface area contributed by atoms with Crippen LogP contribution in [0.4, 0.5) is 0 Å². The first kappa shape index (κ1) is 11.3. The number of rotatable bonds is 3. The van der Waals surface area contributed by atoms with Crippen molar-refractivity contribution in [1.29, 1.82) is 0 Å². The van der Waals surface area contributed by atoms with E-state index < -0.39 is 0 Å². The van der Waals surface area contributed by atoms with Gasteiger partial charge in [0.25, 0.3) is 0 Å². The van der Waals surface area contributed by atoms with Crippen LogP contribution in [0, 0.1) is 0 Å². The van der Waals surface area contributed by atoms with Crippen molar-refractivity contribution in [2.24, 2.45) is 0 Å². The molecule has 0 atom stereocenters. The van der Waals surface area contributed by atoms with Gasteiger partial charge in [0, 0.05) is 5.56 Å². The summed E-state index contributed by atoms with van der Waals surface area (Å²) < 4.78 is 5.38. The number of ether oxygens (including phenoxy) is 1. The van der Waals surface area contributed by atoms with Gasteiger partial charge in [0.15, 0.2) is 0 Å². The lowest BCUT2D eigenvalue weighted by Gasteiger charge is -2.11. The number of aromatic nitrogens is 2. The van der Waals surface area contributed by atoms with Crippen molar-refractivity contribution in [1.82, 2.24) is 15.3 Å². The zero-order chi connectivity index (χ0) is 11.4. The Bertz CT molecular complexity index is 366. The highest BCUT2D eigenvalue weighted by Crippen LogP contribution is 2.26. The summed E-state index contributed by atoms with van der Waals surface area (Å²) in [6.07, 6.45) is 5.84. The van der Waals surface area contributed by atoms with Crippen LogP contribution in [0.25, 0.3) is 0 Å². The van der Waals surface area contributed by atoms with Crippen LogP contribution in [0.15, 0.2) is 0 Å². The number of nitrogens with one attached hydrogen (secondary N) is 1. The maximum absolute atomic E-state index is 5.38. The molecule has 88 valence electrons. The smallest absolute Gasteiger partial charge is 0.219 e. The lowest BCUT2D eigenvalue weighted by atomic mass is 10.1. The van der Waals surface area contributed by atoms with Gasteiger partial charge in [-0.15, -0.1) is 0 Å². The number of hydrogen-bond acceptors (Lipinski definition) is 4. The molecule has 0 amide bonds. The van der Waals surface area contributed by atoms with Gasteiger partial charge in [-0.3, -0.25) is 0 Å². The Morgan fingerprint density at radius 1 is 1.19 bits per heavy atom. The van der Waals surface area contributed by atoms with Crippen molar-refractivity contribution in [3.05, 3.63) is 17.1 Å². The molecule has 0 aromatic carbocycles. The molecule has 1 aliphatic carbocycles. The molecule has 1 aliphatic rings. The third-order valence-corrected chi connectivity index (χ3v) is 2.97. The molecule has 1 heterocycles. The van der Waals surface area contributed by atoms with E-state index in [0.29, 0.717) is 6.54 Å². The van der Waals surface area contributed by atoms with Crippen LogP contribution in [0.5, 0.6) is 5.88 Å². The third kappa shape index (κ3) is 2.32. The summed E-state index contributed by atoms with van der Waals surface area (Å²) in [5, 5.41) is 3.08. The minimum absolute atomic E-state index is 0.698. The fraction of sp³-hybridized carbons (Fsp3) is 0.667. The fourth-order valence-electron chi connectivity index (χ4n) is 2.19. The monoisotopic (exact) mass is 221 g/mol. The quantitative estimate of drug-likeness (QED) is 0.785. The number of fused-ring (bicyclic) bond motifs is 1. The van der Waals surface area contributed by atoms with Gasteiger partial charge in [-0.1, -0.05) is 6.42 Å². The summed E-state index contributed by atoms with van der Waals surface area (Å²) in [5.41, 5.74) is 2.41. The second-order valence-corrected chi connectivity index (χ2v) is 4.17. The van der Waals surface area contributed by atoms with Crippen molar-refractivity contribution in [2.45, 2.75) is 38.6 Å². The summed E-state index contributed by atoms with van der Waals surface area (Å²) in [6, 6.07) is 0. The summed E-state index contributed by atoms with van der Waals surface area (Å²) in [6.45, 7) is 0.698. The van der Waals surface area contributed by atoms with Gasteiger partial charge in [0.1, 0.15) is 5.82 Å². The molecule has 0 saturated heterocycles.